The number of carbonyl (C=O) groups excluding carboxylic acids is 1. The van der Waals surface area contributed by atoms with Crippen LogP contribution in [0.1, 0.15) is 5.69 Å². The molecule has 0 radical (unpaired) electrons. The average molecular weight is 413 g/mol. The number of nitro groups is 1. The second-order valence-corrected chi connectivity index (χ2v) is 6.84. The predicted molar refractivity (Wildman–Crippen MR) is 109 cm³/mol. The molecule has 0 aliphatic carbocycles. The molecule has 29 heavy (non-hydrogen) atoms. The highest BCUT2D eigenvalue weighted by molar-refractivity contribution is 7.13. The lowest BCUT2D eigenvalue weighted by molar-refractivity contribution is -0.385. The molecule has 150 valence electrons. The van der Waals surface area contributed by atoms with Crippen molar-refractivity contribution in [1.82, 2.24) is 10.3 Å². The normalized spacial score (nSPS) is 10.4. The molecule has 8 nitrogen and oxygen atoms in total. The van der Waals surface area contributed by atoms with Crippen molar-refractivity contribution in [2.45, 2.75) is 6.42 Å². The van der Waals surface area contributed by atoms with Gasteiger partial charge < -0.3 is 14.8 Å². The summed E-state index contributed by atoms with van der Waals surface area (Å²) in [5.74, 6) is 0.501. The molecule has 0 atom stereocenters. The number of hydrogen-bond acceptors (Lipinski definition) is 7. The molecule has 3 rings (SSSR count). The van der Waals surface area contributed by atoms with Crippen molar-refractivity contribution in [1.29, 1.82) is 0 Å². The van der Waals surface area contributed by atoms with Crippen molar-refractivity contribution >= 4 is 22.9 Å². The number of rotatable bonds is 9. The molecule has 0 spiro atoms. The summed E-state index contributed by atoms with van der Waals surface area (Å²) in [4.78, 5) is 26.9. The van der Waals surface area contributed by atoms with E-state index in [1.807, 2.05) is 29.6 Å². The van der Waals surface area contributed by atoms with E-state index in [1.165, 1.54) is 23.5 Å². The summed E-state index contributed by atoms with van der Waals surface area (Å²) in [6.07, 6.45) is 0.573. The van der Waals surface area contributed by atoms with Crippen LogP contribution in [0.2, 0.25) is 0 Å². The topological polar surface area (TPSA) is 104 Å². The molecule has 1 N–H and O–H groups in total. The summed E-state index contributed by atoms with van der Waals surface area (Å²) in [5, 5.41) is 16.5. The highest BCUT2D eigenvalue weighted by Crippen LogP contribution is 2.26. The van der Waals surface area contributed by atoms with Gasteiger partial charge in [-0.1, -0.05) is 12.1 Å². The van der Waals surface area contributed by atoms with Gasteiger partial charge in [0.1, 0.15) is 10.8 Å². The van der Waals surface area contributed by atoms with Crippen LogP contribution in [0.15, 0.2) is 53.9 Å². The molecule has 0 bridgehead atoms. The standard InChI is InChI=1S/C20H19N3O5S/c1-27-16-8-6-14(7-9-16)20-22-15(13-29-20)10-11-21-19(24)12-28-18-5-3-2-4-17(18)23(25)26/h2-9,13H,10-12H2,1H3,(H,21,24). The van der Waals surface area contributed by atoms with Gasteiger partial charge in [0.2, 0.25) is 0 Å². The Kier molecular flexibility index (Phi) is 6.75. The Morgan fingerprint density at radius 1 is 1.21 bits per heavy atom. The van der Waals surface area contributed by atoms with Crippen molar-refractivity contribution in [2.75, 3.05) is 20.3 Å². The SMILES string of the molecule is COc1ccc(-c2nc(CCNC(=O)COc3ccccc3[N+](=O)[O-])cs2)cc1. The van der Waals surface area contributed by atoms with Crippen LogP contribution in [0.4, 0.5) is 5.69 Å². The van der Waals surface area contributed by atoms with Crippen LogP contribution in [-0.2, 0) is 11.2 Å². The van der Waals surface area contributed by atoms with E-state index in [-0.39, 0.29) is 24.0 Å². The van der Waals surface area contributed by atoms with E-state index < -0.39 is 4.92 Å². The fourth-order valence-electron chi connectivity index (χ4n) is 2.54. The van der Waals surface area contributed by atoms with E-state index in [9.17, 15) is 14.9 Å². The van der Waals surface area contributed by atoms with Gasteiger partial charge >= 0.3 is 5.69 Å². The number of carbonyl (C=O) groups is 1. The monoisotopic (exact) mass is 413 g/mol. The van der Waals surface area contributed by atoms with Gasteiger partial charge in [0.15, 0.2) is 12.4 Å². The van der Waals surface area contributed by atoms with Crippen LogP contribution >= 0.6 is 11.3 Å². The molecule has 1 amide bonds. The van der Waals surface area contributed by atoms with Crippen LogP contribution in [0, 0.1) is 10.1 Å². The molecule has 0 saturated heterocycles. The Balaban J connectivity index is 1.46. The molecule has 0 unspecified atom stereocenters. The lowest BCUT2D eigenvalue weighted by atomic mass is 10.2. The van der Waals surface area contributed by atoms with Crippen LogP contribution in [0.5, 0.6) is 11.5 Å². The number of nitrogens with zero attached hydrogens (tertiary/aromatic N) is 2. The van der Waals surface area contributed by atoms with E-state index in [0.717, 1.165) is 22.0 Å². The number of thiazole rings is 1. The first kappa shape index (κ1) is 20.3. The summed E-state index contributed by atoms with van der Waals surface area (Å²) in [6, 6.07) is 13.6. The quantitative estimate of drug-likeness (QED) is 0.426. The second kappa shape index (κ2) is 9.65. The lowest BCUT2D eigenvalue weighted by Gasteiger charge is -2.07. The molecule has 1 aromatic heterocycles. The molecule has 0 saturated carbocycles. The smallest absolute Gasteiger partial charge is 0.310 e. The van der Waals surface area contributed by atoms with Crippen LogP contribution < -0.4 is 14.8 Å². The molecule has 0 fully saturated rings. The summed E-state index contributed by atoms with van der Waals surface area (Å²) < 4.78 is 10.4. The van der Waals surface area contributed by atoms with Gasteiger partial charge in [-0.15, -0.1) is 11.3 Å². The Labute approximate surface area is 171 Å². The molecule has 0 aliphatic rings. The zero-order chi connectivity index (χ0) is 20.6. The number of nitro benzene ring substituents is 1. The van der Waals surface area contributed by atoms with Gasteiger partial charge in [0.05, 0.1) is 17.7 Å². The Morgan fingerprint density at radius 3 is 2.69 bits per heavy atom. The Hall–Kier alpha value is -3.46. The number of aromatic nitrogens is 1. The fourth-order valence-corrected chi connectivity index (χ4v) is 3.40. The number of para-hydroxylation sites is 2. The third-order valence-corrected chi connectivity index (χ3v) is 4.95. The largest absolute Gasteiger partial charge is 0.497 e. The summed E-state index contributed by atoms with van der Waals surface area (Å²) in [5.41, 5.74) is 1.71. The third-order valence-electron chi connectivity index (χ3n) is 4.01. The second-order valence-electron chi connectivity index (χ2n) is 5.99. The molecule has 9 heteroatoms. The molecular formula is C20H19N3O5S. The van der Waals surface area contributed by atoms with Crippen molar-refractivity contribution in [3.8, 4) is 22.1 Å². The Bertz CT molecular complexity index is 988. The van der Waals surface area contributed by atoms with Crippen molar-refractivity contribution in [2.24, 2.45) is 0 Å². The molecular weight excluding hydrogens is 394 g/mol. The number of ether oxygens (including phenoxy) is 2. The minimum Gasteiger partial charge on any atom is -0.497 e. The van der Waals surface area contributed by atoms with E-state index in [4.69, 9.17) is 9.47 Å². The maximum atomic E-state index is 11.9. The van der Waals surface area contributed by atoms with Crippen LogP contribution in [0.25, 0.3) is 10.6 Å². The van der Waals surface area contributed by atoms with E-state index in [0.29, 0.717) is 13.0 Å². The van der Waals surface area contributed by atoms with E-state index in [1.54, 1.807) is 19.2 Å². The Morgan fingerprint density at radius 2 is 1.97 bits per heavy atom. The number of nitrogens with one attached hydrogen (secondary N) is 1. The average Bonchev–Trinajstić information content (AvgIpc) is 3.21. The maximum absolute atomic E-state index is 11.9. The minimum absolute atomic E-state index is 0.0660. The zero-order valence-corrected chi connectivity index (χ0v) is 16.5. The number of methoxy groups -OCH3 is 1. The van der Waals surface area contributed by atoms with Gasteiger partial charge in [-0.05, 0) is 30.3 Å². The number of benzene rings is 2. The predicted octanol–water partition coefficient (Wildman–Crippen LogP) is 3.46. The summed E-state index contributed by atoms with van der Waals surface area (Å²) >= 11 is 1.53. The zero-order valence-electron chi connectivity index (χ0n) is 15.7. The fraction of sp³-hybridized carbons (Fsp3) is 0.200. The van der Waals surface area contributed by atoms with E-state index >= 15 is 0 Å². The highest BCUT2D eigenvalue weighted by Gasteiger charge is 2.14. The van der Waals surface area contributed by atoms with Gasteiger partial charge in [0, 0.05) is 30.0 Å². The van der Waals surface area contributed by atoms with Crippen LogP contribution in [-0.4, -0.2) is 36.1 Å². The van der Waals surface area contributed by atoms with Crippen molar-refractivity contribution < 1.29 is 19.2 Å². The first-order valence-corrected chi connectivity index (χ1v) is 9.66. The molecule has 1 heterocycles. The number of hydrogen-bond donors (Lipinski definition) is 1. The van der Waals surface area contributed by atoms with Crippen molar-refractivity contribution in [3.05, 3.63) is 69.7 Å². The van der Waals surface area contributed by atoms with Gasteiger partial charge in [-0.2, -0.15) is 0 Å². The highest BCUT2D eigenvalue weighted by atomic mass is 32.1. The first-order chi connectivity index (χ1) is 14.1. The van der Waals surface area contributed by atoms with Gasteiger partial charge in [-0.3, -0.25) is 14.9 Å². The molecule has 3 aromatic rings. The maximum Gasteiger partial charge on any atom is 0.310 e. The molecule has 0 aliphatic heterocycles. The van der Waals surface area contributed by atoms with Gasteiger partial charge in [-0.25, -0.2) is 4.98 Å². The summed E-state index contributed by atoms with van der Waals surface area (Å²) in [6.45, 7) is 0.101. The first-order valence-electron chi connectivity index (χ1n) is 8.78. The van der Waals surface area contributed by atoms with Gasteiger partial charge in [0.25, 0.3) is 5.91 Å². The number of amides is 1. The van der Waals surface area contributed by atoms with E-state index in [2.05, 4.69) is 10.3 Å². The summed E-state index contributed by atoms with van der Waals surface area (Å²) in [7, 11) is 1.62. The minimum atomic E-state index is -0.546. The molecule has 2 aromatic carbocycles. The van der Waals surface area contributed by atoms with Crippen molar-refractivity contribution in [3.63, 3.8) is 0 Å². The van der Waals surface area contributed by atoms with Crippen LogP contribution in [0.3, 0.4) is 0 Å². The lowest BCUT2D eigenvalue weighted by Crippen LogP contribution is -2.30. The third kappa shape index (κ3) is 5.52.